The van der Waals surface area contributed by atoms with E-state index in [1.165, 1.54) is 12.1 Å². The van der Waals surface area contributed by atoms with Gasteiger partial charge in [0.25, 0.3) is 0 Å². The molecule has 0 bridgehead atoms. The predicted molar refractivity (Wildman–Crippen MR) is 117 cm³/mol. The number of rotatable bonds is 7. The second-order valence-corrected chi connectivity index (χ2v) is 7.90. The summed E-state index contributed by atoms with van der Waals surface area (Å²) in [5.41, 5.74) is 2.32. The largest absolute Gasteiger partial charge is 0.367 e. The quantitative estimate of drug-likeness (QED) is 0.502. The molecule has 2 atom stereocenters. The minimum atomic E-state index is -0.263. The molecule has 1 saturated carbocycles. The lowest BCUT2D eigenvalue weighted by Gasteiger charge is -2.15. The van der Waals surface area contributed by atoms with Gasteiger partial charge in [-0.2, -0.15) is 0 Å². The summed E-state index contributed by atoms with van der Waals surface area (Å²) in [7, 11) is 0. The number of carbonyl (C=O) groups excluding carboxylic acids is 1. The molecule has 2 aromatic heterocycles. The van der Waals surface area contributed by atoms with Crippen LogP contribution in [-0.4, -0.2) is 22.3 Å². The lowest BCUT2D eigenvalue weighted by Crippen LogP contribution is -2.16. The van der Waals surface area contributed by atoms with Gasteiger partial charge in [-0.05, 0) is 55.2 Å². The van der Waals surface area contributed by atoms with E-state index in [0.717, 1.165) is 36.7 Å². The highest BCUT2D eigenvalue weighted by Gasteiger charge is 2.24. The summed E-state index contributed by atoms with van der Waals surface area (Å²) in [4.78, 5) is 20.0. The molecule has 2 N–H and O–H groups in total. The van der Waals surface area contributed by atoms with E-state index in [1.54, 1.807) is 12.3 Å². The van der Waals surface area contributed by atoms with Gasteiger partial charge in [-0.15, -0.1) is 0 Å². The average molecular weight is 425 g/mol. The number of nitrogens with zero attached hydrogens (tertiary/aromatic N) is 2. The Balaban J connectivity index is 1.49. The smallest absolute Gasteiger partial charge is 0.126 e. The van der Waals surface area contributed by atoms with Crippen molar-refractivity contribution >= 4 is 29.5 Å². The van der Waals surface area contributed by atoms with E-state index in [0.29, 0.717) is 28.9 Å². The zero-order valence-electron chi connectivity index (χ0n) is 16.3. The number of halogens is 2. The molecule has 2 unspecified atom stereocenters. The summed E-state index contributed by atoms with van der Waals surface area (Å²) in [6.45, 7) is 0.463. The highest BCUT2D eigenvalue weighted by atomic mass is 35.5. The number of aromatic nitrogens is 2. The lowest BCUT2D eigenvalue weighted by atomic mass is 10.1. The molecule has 1 aromatic carbocycles. The van der Waals surface area contributed by atoms with Crippen LogP contribution < -0.4 is 10.6 Å². The first-order valence-electron chi connectivity index (χ1n) is 9.94. The molecular weight excluding hydrogens is 403 g/mol. The third-order valence-electron chi connectivity index (χ3n) is 5.26. The summed E-state index contributed by atoms with van der Waals surface area (Å²) < 4.78 is 13.4. The minimum Gasteiger partial charge on any atom is -0.367 e. The summed E-state index contributed by atoms with van der Waals surface area (Å²) in [6, 6.07) is 14.2. The fourth-order valence-electron chi connectivity index (χ4n) is 3.72. The Morgan fingerprint density at radius 1 is 1.13 bits per heavy atom. The Kier molecular flexibility index (Phi) is 6.23. The fraction of sp³-hybridized carbons (Fsp3) is 0.261. The standard InChI is InChI=1S/C23H22ClFN4O/c24-20-13-27-23(28-18-8-7-16(10-18)14-30)11-19(20)21-5-2-6-22(29-21)26-12-15-3-1-4-17(25)9-15/h1-6,9,11,13-14,16,18H,7-8,10,12H2,(H,26,29)(H,27,28). The van der Waals surface area contributed by atoms with Crippen LogP contribution in [0.4, 0.5) is 16.0 Å². The lowest BCUT2D eigenvalue weighted by molar-refractivity contribution is -0.110. The molecular formula is C23H22ClFN4O. The van der Waals surface area contributed by atoms with Gasteiger partial charge in [-0.1, -0.05) is 29.8 Å². The summed E-state index contributed by atoms with van der Waals surface area (Å²) in [5.74, 6) is 1.24. The summed E-state index contributed by atoms with van der Waals surface area (Å²) >= 11 is 6.40. The molecule has 2 heterocycles. The van der Waals surface area contributed by atoms with E-state index in [9.17, 15) is 9.18 Å². The Hall–Kier alpha value is -2.99. The van der Waals surface area contributed by atoms with Gasteiger partial charge in [0, 0.05) is 30.3 Å². The number of benzene rings is 1. The predicted octanol–water partition coefficient (Wildman–Crippen LogP) is 5.33. The van der Waals surface area contributed by atoms with Crippen molar-refractivity contribution in [2.45, 2.75) is 31.8 Å². The van der Waals surface area contributed by atoms with Gasteiger partial charge in [-0.25, -0.2) is 14.4 Å². The zero-order valence-corrected chi connectivity index (χ0v) is 17.1. The fourth-order valence-corrected chi connectivity index (χ4v) is 3.92. The molecule has 1 fully saturated rings. The van der Waals surface area contributed by atoms with Crippen LogP contribution in [0.15, 0.2) is 54.7 Å². The van der Waals surface area contributed by atoms with E-state index in [2.05, 4.69) is 20.6 Å². The Morgan fingerprint density at radius 2 is 2.00 bits per heavy atom. The third-order valence-corrected chi connectivity index (χ3v) is 5.56. The van der Waals surface area contributed by atoms with Crippen molar-refractivity contribution in [3.8, 4) is 11.3 Å². The molecule has 0 aliphatic heterocycles. The van der Waals surface area contributed by atoms with Crippen molar-refractivity contribution in [1.82, 2.24) is 9.97 Å². The van der Waals surface area contributed by atoms with Gasteiger partial charge in [0.1, 0.15) is 23.7 Å². The minimum absolute atomic E-state index is 0.122. The first-order chi connectivity index (χ1) is 14.6. The maximum Gasteiger partial charge on any atom is 0.126 e. The molecule has 1 aliphatic rings. The summed E-state index contributed by atoms with van der Waals surface area (Å²) in [6.07, 6.45) is 5.32. The summed E-state index contributed by atoms with van der Waals surface area (Å²) in [5, 5.41) is 7.13. The van der Waals surface area contributed by atoms with E-state index < -0.39 is 0 Å². The molecule has 0 saturated heterocycles. The first-order valence-corrected chi connectivity index (χ1v) is 10.3. The Morgan fingerprint density at radius 3 is 2.80 bits per heavy atom. The second kappa shape index (κ2) is 9.22. The Bertz CT molecular complexity index is 1050. The van der Waals surface area contributed by atoms with Gasteiger partial charge in [0.15, 0.2) is 0 Å². The molecule has 0 radical (unpaired) electrons. The van der Waals surface area contributed by atoms with Crippen LogP contribution in [0.3, 0.4) is 0 Å². The SMILES string of the molecule is O=CC1CCC(Nc2cc(-c3cccc(NCc4cccc(F)c4)n3)c(Cl)cn2)C1. The molecule has 4 rings (SSSR count). The van der Waals surface area contributed by atoms with Crippen LogP contribution in [0.2, 0.25) is 5.02 Å². The molecule has 7 heteroatoms. The number of aldehydes is 1. The monoisotopic (exact) mass is 424 g/mol. The van der Waals surface area contributed by atoms with Crippen LogP contribution in [0, 0.1) is 11.7 Å². The van der Waals surface area contributed by atoms with Crippen molar-refractivity contribution < 1.29 is 9.18 Å². The molecule has 1 aliphatic carbocycles. The van der Waals surface area contributed by atoms with E-state index >= 15 is 0 Å². The molecule has 30 heavy (non-hydrogen) atoms. The first kappa shape index (κ1) is 20.3. The second-order valence-electron chi connectivity index (χ2n) is 7.49. The van der Waals surface area contributed by atoms with Crippen LogP contribution in [0.1, 0.15) is 24.8 Å². The van der Waals surface area contributed by atoms with Gasteiger partial charge >= 0.3 is 0 Å². The molecule has 3 aromatic rings. The zero-order chi connectivity index (χ0) is 20.9. The maximum absolute atomic E-state index is 13.4. The highest BCUT2D eigenvalue weighted by Crippen LogP contribution is 2.31. The van der Waals surface area contributed by atoms with Crippen LogP contribution in [0.5, 0.6) is 0 Å². The number of nitrogens with one attached hydrogen (secondary N) is 2. The Labute approximate surface area is 179 Å². The maximum atomic E-state index is 13.4. The van der Waals surface area contributed by atoms with Crippen LogP contribution >= 0.6 is 11.6 Å². The number of carbonyl (C=O) groups is 1. The number of anilines is 2. The van der Waals surface area contributed by atoms with Crippen molar-refractivity contribution in [3.63, 3.8) is 0 Å². The van der Waals surface area contributed by atoms with Crippen LogP contribution in [-0.2, 0) is 11.3 Å². The molecule has 0 spiro atoms. The number of hydrogen-bond acceptors (Lipinski definition) is 5. The van der Waals surface area contributed by atoms with Crippen molar-refractivity contribution in [3.05, 3.63) is 71.1 Å². The molecule has 5 nitrogen and oxygen atoms in total. The van der Waals surface area contributed by atoms with Crippen molar-refractivity contribution in [1.29, 1.82) is 0 Å². The van der Waals surface area contributed by atoms with Crippen LogP contribution in [0.25, 0.3) is 11.3 Å². The number of pyridine rings is 2. The normalized spacial score (nSPS) is 18.2. The van der Waals surface area contributed by atoms with Gasteiger partial charge in [0.05, 0.1) is 10.7 Å². The highest BCUT2D eigenvalue weighted by molar-refractivity contribution is 6.33. The van der Waals surface area contributed by atoms with Crippen molar-refractivity contribution in [2.24, 2.45) is 5.92 Å². The van der Waals surface area contributed by atoms with Gasteiger partial charge < -0.3 is 15.4 Å². The topological polar surface area (TPSA) is 66.9 Å². The van der Waals surface area contributed by atoms with Gasteiger partial charge in [0.2, 0.25) is 0 Å². The van der Waals surface area contributed by atoms with E-state index in [1.807, 2.05) is 30.3 Å². The van der Waals surface area contributed by atoms with Crippen molar-refractivity contribution in [2.75, 3.05) is 10.6 Å². The average Bonchev–Trinajstić information content (AvgIpc) is 3.21. The molecule has 0 amide bonds. The van der Waals surface area contributed by atoms with Gasteiger partial charge in [-0.3, -0.25) is 0 Å². The van der Waals surface area contributed by atoms with E-state index in [-0.39, 0.29) is 17.8 Å². The van der Waals surface area contributed by atoms with E-state index in [4.69, 9.17) is 11.6 Å². The third kappa shape index (κ3) is 4.94. The molecule has 154 valence electrons. The number of hydrogen-bond donors (Lipinski definition) is 2.